The lowest BCUT2D eigenvalue weighted by molar-refractivity contribution is 0.0778. The molecule has 0 amide bonds. The molecule has 0 aromatic carbocycles. The van der Waals surface area contributed by atoms with Gasteiger partial charge in [-0.05, 0) is 13.3 Å². The lowest BCUT2D eigenvalue weighted by Crippen LogP contribution is -2.57. The van der Waals surface area contributed by atoms with Crippen molar-refractivity contribution in [3.05, 3.63) is 0 Å². The van der Waals surface area contributed by atoms with Crippen LogP contribution in [0, 0.1) is 0 Å². The van der Waals surface area contributed by atoms with Gasteiger partial charge in [-0.15, -0.1) is 0 Å². The molecule has 0 aromatic rings. The Labute approximate surface area is 78.5 Å². The van der Waals surface area contributed by atoms with Crippen LogP contribution in [0.4, 0.5) is 0 Å². The van der Waals surface area contributed by atoms with Crippen LogP contribution in [-0.2, 0) is 0 Å². The van der Waals surface area contributed by atoms with E-state index in [1.165, 1.54) is 0 Å². The first-order chi connectivity index (χ1) is 6.16. The fourth-order valence-corrected chi connectivity index (χ4v) is 2.32. The molecule has 2 saturated heterocycles. The average molecular weight is 186 g/mol. The van der Waals surface area contributed by atoms with Crippen molar-refractivity contribution < 1.29 is 10.2 Å². The van der Waals surface area contributed by atoms with Gasteiger partial charge in [0.2, 0.25) is 0 Å². The molecular weight excluding hydrogens is 168 g/mol. The highest BCUT2D eigenvalue weighted by atomic mass is 16.3. The highest BCUT2D eigenvalue weighted by molar-refractivity contribution is 4.94. The minimum absolute atomic E-state index is 0.167. The molecule has 4 nitrogen and oxygen atoms in total. The zero-order chi connectivity index (χ0) is 9.42. The van der Waals surface area contributed by atoms with Crippen molar-refractivity contribution in [3.8, 4) is 0 Å². The van der Waals surface area contributed by atoms with E-state index in [9.17, 15) is 10.2 Å². The van der Waals surface area contributed by atoms with E-state index in [1.54, 1.807) is 0 Å². The molecule has 0 spiro atoms. The van der Waals surface area contributed by atoms with Crippen molar-refractivity contribution >= 4 is 0 Å². The third-order valence-corrected chi connectivity index (χ3v) is 3.13. The van der Waals surface area contributed by atoms with Crippen LogP contribution in [0.1, 0.15) is 13.3 Å². The predicted molar refractivity (Wildman–Crippen MR) is 49.5 cm³/mol. The van der Waals surface area contributed by atoms with E-state index in [4.69, 9.17) is 0 Å². The molecule has 2 aliphatic heterocycles. The first-order valence-corrected chi connectivity index (χ1v) is 5.00. The van der Waals surface area contributed by atoms with E-state index in [1.807, 2.05) is 6.92 Å². The summed E-state index contributed by atoms with van der Waals surface area (Å²) in [4.78, 5) is 2.28. The number of aliphatic hydroxyl groups excluding tert-OH is 2. The first kappa shape index (κ1) is 9.40. The van der Waals surface area contributed by atoms with Crippen LogP contribution in [0.2, 0.25) is 0 Å². The summed E-state index contributed by atoms with van der Waals surface area (Å²) in [5.41, 5.74) is 0. The van der Waals surface area contributed by atoms with Crippen molar-refractivity contribution in [3.63, 3.8) is 0 Å². The zero-order valence-electron chi connectivity index (χ0n) is 7.98. The molecule has 2 fully saturated rings. The Balaban J connectivity index is 1.93. The lowest BCUT2D eigenvalue weighted by atomic mass is 10.1. The Morgan fingerprint density at radius 3 is 2.92 bits per heavy atom. The van der Waals surface area contributed by atoms with E-state index < -0.39 is 0 Å². The predicted octanol–water partition coefficient (Wildman–Crippen LogP) is -1.23. The molecule has 0 aliphatic carbocycles. The van der Waals surface area contributed by atoms with Crippen LogP contribution in [-0.4, -0.2) is 59.0 Å². The topological polar surface area (TPSA) is 55.7 Å². The van der Waals surface area contributed by atoms with Gasteiger partial charge in [0.15, 0.2) is 0 Å². The second kappa shape index (κ2) is 3.53. The normalized spacial score (nSPS) is 43.2. The number of hydrogen-bond donors (Lipinski definition) is 3. The maximum absolute atomic E-state index is 9.45. The van der Waals surface area contributed by atoms with Crippen molar-refractivity contribution in [2.24, 2.45) is 0 Å². The summed E-state index contributed by atoms with van der Waals surface area (Å²) in [6.45, 7) is 4.34. The molecule has 2 heterocycles. The quantitative estimate of drug-likeness (QED) is 0.480. The Hall–Kier alpha value is -0.160. The Kier molecular flexibility index (Phi) is 2.55. The number of piperazine rings is 1. The molecule has 2 aliphatic rings. The zero-order valence-corrected chi connectivity index (χ0v) is 7.98. The number of nitrogens with one attached hydrogen (secondary N) is 1. The highest BCUT2D eigenvalue weighted by Gasteiger charge is 2.36. The van der Waals surface area contributed by atoms with Gasteiger partial charge in [0.25, 0.3) is 0 Å². The molecule has 0 radical (unpaired) electrons. The molecule has 0 bridgehead atoms. The second-order valence-corrected chi connectivity index (χ2v) is 4.25. The Morgan fingerprint density at radius 2 is 2.23 bits per heavy atom. The Morgan fingerprint density at radius 1 is 1.46 bits per heavy atom. The fourth-order valence-electron chi connectivity index (χ4n) is 2.32. The average Bonchev–Trinajstić information content (AvgIpc) is 2.42. The summed E-state index contributed by atoms with van der Waals surface area (Å²) in [6.07, 6.45) is 0.401. The van der Waals surface area contributed by atoms with Crippen molar-refractivity contribution in [1.82, 2.24) is 10.2 Å². The van der Waals surface area contributed by atoms with E-state index in [2.05, 4.69) is 10.2 Å². The van der Waals surface area contributed by atoms with Gasteiger partial charge < -0.3 is 15.5 Å². The van der Waals surface area contributed by atoms with Gasteiger partial charge in [0.1, 0.15) is 0 Å². The maximum Gasteiger partial charge on any atom is 0.0682 e. The van der Waals surface area contributed by atoms with Gasteiger partial charge in [-0.25, -0.2) is 0 Å². The number of aliphatic hydroxyl groups is 2. The molecule has 2 rings (SSSR count). The minimum Gasteiger partial charge on any atom is -0.392 e. The van der Waals surface area contributed by atoms with Crippen LogP contribution in [0.3, 0.4) is 0 Å². The molecule has 0 unspecified atom stereocenters. The van der Waals surface area contributed by atoms with Crippen molar-refractivity contribution in [2.45, 2.75) is 37.6 Å². The third kappa shape index (κ3) is 1.86. The largest absolute Gasteiger partial charge is 0.392 e. The Bertz CT molecular complexity index is 186. The first-order valence-electron chi connectivity index (χ1n) is 5.00. The molecule has 0 aromatic heterocycles. The summed E-state index contributed by atoms with van der Waals surface area (Å²) in [5, 5.41) is 22.2. The fraction of sp³-hybridized carbons (Fsp3) is 1.00. The smallest absolute Gasteiger partial charge is 0.0682 e. The highest BCUT2D eigenvalue weighted by Crippen LogP contribution is 2.21. The van der Waals surface area contributed by atoms with Gasteiger partial charge in [-0.3, -0.25) is 4.90 Å². The summed E-state index contributed by atoms with van der Waals surface area (Å²) >= 11 is 0. The summed E-state index contributed by atoms with van der Waals surface area (Å²) in [6, 6.07) is 0.645. The standard InChI is InChI=1S/C9H18N2O2/c1-6(12)9-5-11-4-8(13)2-7(11)3-10-9/h6-10,12-13H,2-5H2,1H3/t6-,7+,8+,9-/m0/s1. The molecule has 13 heavy (non-hydrogen) atoms. The van der Waals surface area contributed by atoms with Crippen LogP contribution in [0.15, 0.2) is 0 Å². The van der Waals surface area contributed by atoms with Crippen molar-refractivity contribution in [1.29, 1.82) is 0 Å². The maximum atomic E-state index is 9.45. The molecule has 3 N–H and O–H groups in total. The van der Waals surface area contributed by atoms with Gasteiger partial charge in [-0.2, -0.15) is 0 Å². The second-order valence-electron chi connectivity index (χ2n) is 4.25. The monoisotopic (exact) mass is 186 g/mol. The van der Waals surface area contributed by atoms with Crippen LogP contribution >= 0.6 is 0 Å². The SMILES string of the molecule is C[C@H](O)[C@@H]1CN2C[C@H](O)C[C@@H]2CN1. The van der Waals surface area contributed by atoms with E-state index >= 15 is 0 Å². The molecule has 4 atom stereocenters. The molecule has 0 saturated carbocycles. The third-order valence-electron chi connectivity index (χ3n) is 3.13. The van der Waals surface area contributed by atoms with Crippen LogP contribution in [0.5, 0.6) is 0 Å². The summed E-state index contributed by atoms with van der Waals surface area (Å²) < 4.78 is 0. The number of rotatable bonds is 1. The molecular formula is C9H18N2O2. The van der Waals surface area contributed by atoms with Crippen LogP contribution in [0.25, 0.3) is 0 Å². The summed E-state index contributed by atoms with van der Waals surface area (Å²) in [7, 11) is 0. The number of fused-ring (bicyclic) bond motifs is 1. The number of hydrogen-bond acceptors (Lipinski definition) is 4. The van der Waals surface area contributed by atoms with E-state index in [0.29, 0.717) is 6.04 Å². The molecule has 4 heteroatoms. The summed E-state index contributed by atoms with van der Waals surface area (Å²) in [5.74, 6) is 0. The van der Waals surface area contributed by atoms with E-state index in [-0.39, 0.29) is 18.2 Å². The van der Waals surface area contributed by atoms with E-state index in [0.717, 1.165) is 26.1 Å². The van der Waals surface area contributed by atoms with Gasteiger partial charge in [-0.1, -0.05) is 0 Å². The van der Waals surface area contributed by atoms with Gasteiger partial charge >= 0.3 is 0 Å². The van der Waals surface area contributed by atoms with Crippen molar-refractivity contribution in [2.75, 3.05) is 19.6 Å². The van der Waals surface area contributed by atoms with Crippen LogP contribution < -0.4 is 5.32 Å². The molecule has 76 valence electrons. The van der Waals surface area contributed by atoms with Gasteiger partial charge in [0, 0.05) is 31.7 Å². The lowest BCUT2D eigenvalue weighted by Gasteiger charge is -2.37. The number of nitrogens with zero attached hydrogens (tertiary/aromatic N) is 1. The minimum atomic E-state index is -0.307. The van der Waals surface area contributed by atoms with Gasteiger partial charge in [0.05, 0.1) is 12.2 Å².